The summed E-state index contributed by atoms with van der Waals surface area (Å²) in [7, 11) is 0. The van der Waals surface area contributed by atoms with Gasteiger partial charge in [0, 0.05) is 13.8 Å². The van der Waals surface area contributed by atoms with Crippen LogP contribution in [0.15, 0.2) is 24.3 Å². The highest BCUT2D eigenvalue weighted by atomic mass is 16.5. The fourth-order valence-corrected chi connectivity index (χ4v) is 3.51. The molecule has 1 aliphatic heterocycles. The number of barbiturate groups is 1. The van der Waals surface area contributed by atoms with Crippen LogP contribution in [0.1, 0.15) is 28.7 Å². The summed E-state index contributed by atoms with van der Waals surface area (Å²) in [5.41, 5.74) is 1.25. The molecule has 2 heterocycles. The summed E-state index contributed by atoms with van der Waals surface area (Å²) >= 11 is 0. The highest BCUT2D eigenvalue weighted by molar-refractivity contribution is 6.16. The molecule has 148 valence electrons. The predicted molar refractivity (Wildman–Crippen MR) is 95.1 cm³/mol. The molecule has 1 atom stereocenters. The Kier molecular flexibility index (Phi) is 5.06. The first-order chi connectivity index (χ1) is 13.3. The van der Waals surface area contributed by atoms with Crippen molar-refractivity contribution in [3.8, 4) is 5.75 Å². The third-order valence-corrected chi connectivity index (χ3v) is 4.92. The summed E-state index contributed by atoms with van der Waals surface area (Å²) in [6.45, 7) is 3.08. The zero-order valence-electron chi connectivity index (χ0n) is 15.3. The van der Waals surface area contributed by atoms with Crippen LogP contribution < -0.4 is 15.4 Å². The van der Waals surface area contributed by atoms with Gasteiger partial charge in [-0.15, -0.1) is 0 Å². The summed E-state index contributed by atoms with van der Waals surface area (Å²) < 4.78 is 2.14. The summed E-state index contributed by atoms with van der Waals surface area (Å²) in [4.78, 5) is 36.5. The van der Waals surface area contributed by atoms with Crippen molar-refractivity contribution >= 4 is 17.8 Å². The number of hydrogen-bond acceptors (Lipinski definition) is 6. The van der Waals surface area contributed by atoms with Crippen molar-refractivity contribution < 1.29 is 29.3 Å². The lowest BCUT2D eigenvalue weighted by Gasteiger charge is -2.27. The number of imide groups is 2. The molecule has 3 rings (SSSR count). The van der Waals surface area contributed by atoms with Gasteiger partial charge in [0.2, 0.25) is 11.8 Å². The second-order valence-corrected chi connectivity index (χ2v) is 6.56. The van der Waals surface area contributed by atoms with Crippen molar-refractivity contribution in [3.05, 3.63) is 52.2 Å². The van der Waals surface area contributed by atoms with E-state index in [1.807, 2.05) is 10.6 Å². The minimum atomic E-state index is -1.43. The molecule has 4 amide bonds. The lowest BCUT2D eigenvalue weighted by molar-refractivity contribution is -0.621. The minimum Gasteiger partial charge on any atom is -0.711 e. The van der Waals surface area contributed by atoms with E-state index in [2.05, 4.69) is 0 Å². The lowest BCUT2D eigenvalue weighted by atomic mass is 9.83. The molecule has 4 N–H and O–H groups in total. The number of benzene rings is 1. The molecule has 0 unspecified atom stereocenters. The van der Waals surface area contributed by atoms with Crippen LogP contribution >= 0.6 is 0 Å². The lowest BCUT2D eigenvalue weighted by Crippen LogP contribution is -2.58. The van der Waals surface area contributed by atoms with E-state index in [0.29, 0.717) is 21.7 Å². The number of amides is 4. The van der Waals surface area contributed by atoms with Gasteiger partial charge < -0.3 is 15.4 Å². The van der Waals surface area contributed by atoms with E-state index in [9.17, 15) is 29.8 Å². The van der Waals surface area contributed by atoms with Crippen LogP contribution in [0.4, 0.5) is 4.79 Å². The van der Waals surface area contributed by atoms with E-state index in [1.165, 1.54) is 22.8 Å². The predicted octanol–water partition coefficient (Wildman–Crippen LogP) is -0.450. The van der Waals surface area contributed by atoms with Gasteiger partial charge in [-0.3, -0.25) is 20.2 Å². The van der Waals surface area contributed by atoms with Gasteiger partial charge in [0.05, 0.1) is 6.61 Å². The number of urea groups is 1. The Bertz CT molecular complexity index is 947. The Hall–Kier alpha value is -3.40. The number of carbonyl (C=O) groups excluding carboxylic acids is 3. The highest BCUT2D eigenvalue weighted by Gasteiger charge is 2.47. The van der Waals surface area contributed by atoms with E-state index in [4.69, 9.17) is 0 Å². The first kappa shape index (κ1) is 19.4. The van der Waals surface area contributed by atoms with Gasteiger partial charge in [0.1, 0.15) is 35.5 Å². The molecule has 2 aromatic rings. The van der Waals surface area contributed by atoms with E-state index in [0.717, 1.165) is 0 Å². The number of phenolic OH excluding ortho intramolecular Hbond substituents is 1. The fourth-order valence-electron chi connectivity index (χ4n) is 3.51. The molecule has 0 aliphatic carbocycles. The Balaban J connectivity index is 2.27. The SMILES string of the molecule is Cc1c(C)[n+]([O-])c([C@H](c2cccc(O)c2)C2C(=O)NC(=O)NC2=O)n1CCO. The van der Waals surface area contributed by atoms with Crippen LogP contribution in [-0.2, 0) is 16.1 Å². The van der Waals surface area contributed by atoms with Crippen molar-refractivity contribution in [1.82, 2.24) is 15.2 Å². The third kappa shape index (κ3) is 3.18. The maximum atomic E-state index is 12.9. The van der Waals surface area contributed by atoms with Gasteiger partial charge >= 0.3 is 6.03 Å². The number of aliphatic hydroxyl groups excluding tert-OH is 1. The van der Waals surface area contributed by atoms with Crippen LogP contribution in [0.5, 0.6) is 5.75 Å². The smallest absolute Gasteiger partial charge is 0.328 e. The van der Waals surface area contributed by atoms with Crippen LogP contribution in [0.25, 0.3) is 0 Å². The zero-order chi connectivity index (χ0) is 20.6. The summed E-state index contributed by atoms with van der Waals surface area (Å²) in [5.74, 6) is -4.29. The summed E-state index contributed by atoms with van der Waals surface area (Å²) in [5, 5.41) is 36.4. The molecule has 10 nitrogen and oxygen atoms in total. The summed E-state index contributed by atoms with van der Waals surface area (Å²) in [6.07, 6.45) is 0. The first-order valence-electron chi connectivity index (χ1n) is 8.60. The molecule has 1 aromatic heterocycles. The molecule has 10 heteroatoms. The molecule has 28 heavy (non-hydrogen) atoms. The van der Waals surface area contributed by atoms with E-state index in [-0.39, 0.29) is 24.7 Å². The molecule has 0 bridgehead atoms. The number of aromatic hydroxyl groups is 1. The maximum absolute atomic E-state index is 12.9. The standard InChI is InChI=1S/C18H20N4O6/c1-9-10(2)22(28)17(21(9)6-7-23)13(11-4-3-5-12(24)8-11)14-15(25)19-18(27)20-16(14)26/h3-5,8,13-14,23-24H,6-7H2,1-2H3,(H2,19,20,25,26,27)/t13-/m1/s1. The van der Waals surface area contributed by atoms with E-state index >= 15 is 0 Å². The van der Waals surface area contributed by atoms with Gasteiger partial charge in [-0.1, -0.05) is 12.1 Å². The molecule has 0 radical (unpaired) electrons. The summed E-state index contributed by atoms with van der Waals surface area (Å²) in [6, 6.07) is 4.93. The molecular formula is C18H20N4O6. The molecule has 0 saturated carbocycles. The van der Waals surface area contributed by atoms with Crippen LogP contribution in [-0.4, -0.2) is 39.2 Å². The number of aromatic nitrogens is 2. The van der Waals surface area contributed by atoms with E-state index in [1.54, 1.807) is 19.9 Å². The highest BCUT2D eigenvalue weighted by Crippen LogP contribution is 2.34. The van der Waals surface area contributed by atoms with Gasteiger partial charge in [-0.2, -0.15) is 0 Å². The average Bonchev–Trinajstić information content (AvgIpc) is 2.83. The first-order valence-corrected chi connectivity index (χ1v) is 8.60. The third-order valence-electron chi connectivity index (χ3n) is 4.92. The Morgan fingerprint density at radius 1 is 1.21 bits per heavy atom. The second-order valence-electron chi connectivity index (χ2n) is 6.56. The zero-order valence-corrected chi connectivity index (χ0v) is 15.3. The number of hydrogen-bond donors (Lipinski definition) is 4. The minimum absolute atomic E-state index is 0.0549. The Labute approximate surface area is 160 Å². The van der Waals surface area contributed by atoms with Gasteiger partial charge in [0.15, 0.2) is 0 Å². The van der Waals surface area contributed by atoms with Crippen LogP contribution in [0, 0.1) is 25.0 Å². The number of nitrogens with zero attached hydrogens (tertiary/aromatic N) is 2. The number of imidazole rings is 1. The van der Waals surface area contributed by atoms with Crippen molar-refractivity contribution in [2.45, 2.75) is 26.3 Å². The molecule has 1 aromatic carbocycles. The van der Waals surface area contributed by atoms with Gasteiger partial charge in [0.25, 0.3) is 5.82 Å². The second kappa shape index (κ2) is 7.31. The van der Waals surface area contributed by atoms with Crippen molar-refractivity contribution in [2.24, 2.45) is 5.92 Å². The largest absolute Gasteiger partial charge is 0.711 e. The van der Waals surface area contributed by atoms with Gasteiger partial charge in [-0.25, -0.2) is 14.1 Å². The molecule has 1 saturated heterocycles. The Morgan fingerprint density at radius 3 is 2.43 bits per heavy atom. The topological polar surface area (TPSA) is 148 Å². The monoisotopic (exact) mass is 388 g/mol. The van der Waals surface area contributed by atoms with Crippen LogP contribution in [0.3, 0.4) is 0 Å². The number of nitrogens with one attached hydrogen (secondary N) is 2. The van der Waals surface area contributed by atoms with Crippen molar-refractivity contribution in [2.75, 3.05) is 6.61 Å². The average molecular weight is 388 g/mol. The molecule has 1 aliphatic rings. The van der Waals surface area contributed by atoms with Crippen molar-refractivity contribution in [3.63, 3.8) is 0 Å². The number of aliphatic hydroxyl groups is 1. The molecular weight excluding hydrogens is 368 g/mol. The quantitative estimate of drug-likeness (QED) is 0.310. The van der Waals surface area contributed by atoms with Gasteiger partial charge in [-0.05, 0) is 17.7 Å². The molecule has 1 fully saturated rings. The fraction of sp³-hybridized carbons (Fsp3) is 0.333. The van der Waals surface area contributed by atoms with Crippen LogP contribution in [0.2, 0.25) is 0 Å². The Morgan fingerprint density at radius 2 is 1.86 bits per heavy atom. The van der Waals surface area contributed by atoms with E-state index < -0.39 is 29.7 Å². The van der Waals surface area contributed by atoms with Crippen molar-refractivity contribution in [1.29, 1.82) is 0 Å². The number of carbonyl (C=O) groups is 3. The number of phenols is 1. The number of rotatable bonds is 5. The molecule has 0 spiro atoms. The maximum Gasteiger partial charge on any atom is 0.328 e. The normalized spacial score (nSPS) is 16.0.